The lowest BCUT2D eigenvalue weighted by molar-refractivity contribution is 0.171. The molecular weight excluding hydrogens is 290 g/mol. The molecule has 1 heterocycles. The molecule has 110 valence electrons. The van der Waals surface area contributed by atoms with Crippen LogP contribution in [0.1, 0.15) is 5.56 Å². The quantitative estimate of drug-likeness (QED) is 0.878. The molecule has 6 heteroatoms. The Balaban J connectivity index is 1.91. The fraction of sp³-hybridized carbons (Fsp3) is 0.200. The van der Waals surface area contributed by atoms with E-state index in [4.69, 9.17) is 15.2 Å². The first kappa shape index (κ1) is 13.8. The van der Waals surface area contributed by atoms with Crippen LogP contribution in [0.4, 0.5) is 5.69 Å². The summed E-state index contributed by atoms with van der Waals surface area (Å²) >= 11 is 0. The van der Waals surface area contributed by atoms with E-state index in [1.165, 1.54) is 12.1 Å². The molecule has 0 saturated carbocycles. The maximum Gasteiger partial charge on any atom is 0.182 e. The van der Waals surface area contributed by atoms with E-state index in [0.717, 1.165) is 0 Å². The maximum absolute atomic E-state index is 12.5. The summed E-state index contributed by atoms with van der Waals surface area (Å²) in [4.78, 5) is 0.217. The van der Waals surface area contributed by atoms with Gasteiger partial charge in [0, 0.05) is 11.8 Å². The van der Waals surface area contributed by atoms with E-state index < -0.39 is 9.84 Å². The Morgan fingerprint density at radius 3 is 2.52 bits per heavy atom. The van der Waals surface area contributed by atoms with Gasteiger partial charge in [0.1, 0.15) is 13.2 Å². The first-order chi connectivity index (χ1) is 10.0. The number of nitrogen functional groups attached to an aromatic ring is 1. The van der Waals surface area contributed by atoms with Crippen LogP contribution in [0, 0.1) is 0 Å². The van der Waals surface area contributed by atoms with E-state index in [1.807, 2.05) is 0 Å². The summed E-state index contributed by atoms with van der Waals surface area (Å²) < 4.78 is 35.7. The third-order valence-electron chi connectivity index (χ3n) is 3.18. The Bertz CT molecular complexity index is 771. The van der Waals surface area contributed by atoms with Crippen molar-refractivity contribution in [2.75, 3.05) is 18.9 Å². The second-order valence-electron chi connectivity index (χ2n) is 4.81. The van der Waals surface area contributed by atoms with Gasteiger partial charge in [0.15, 0.2) is 21.3 Å². The molecule has 0 amide bonds. The van der Waals surface area contributed by atoms with Gasteiger partial charge in [0.05, 0.1) is 10.6 Å². The number of fused-ring (bicyclic) bond motifs is 1. The Kier molecular flexibility index (Phi) is 3.47. The summed E-state index contributed by atoms with van der Waals surface area (Å²) in [5, 5.41) is 0. The predicted molar refractivity (Wildman–Crippen MR) is 79.2 cm³/mol. The molecule has 0 spiro atoms. The van der Waals surface area contributed by atoms with E-state index in [9.17, 15) is 8.42 Å². The minimum absolute atomic E-state index is 0.0995. The average Bonchev–Trinajstić information content (AvgIpc) is 2.46. The van der Waals surface area contributed by atoms with E-state index in [0.29, 0.717) is 36.0 Å². The van der Waals surface area contributed by atoms with Crippen LogP contribution in [0.5, 0.6) is 11.5 Å². The zero-order valence-corrected chi connectivity index (χ0v) is 12.1. The van der Waals surface area contributed by atoms with Crippen LogP contribution in [0.25, 0.3) is 0 Å². The Morgan fingerprint density at radius 1 is 1.00 bits per heavy atom. The number of hydrogen-bond donors (Lipinski definition) is 1. The van der Waals surface area contributed by atoms with Crippen LogP contribution in [0.2, 0.25) is 0 Å². The standard InChI is InChI=1S/C15H15NO4S/c16-12-3-1-2-11(8-12)10-21(17,18)13-4-5-14-15(9-13)20-7-6-19-14/h1-5,8-9H,6-7,10,16H2. The molecule has 0 unspecified atom stereocenters. The number of nitrogens with two attached hydrogens (primary N) is 1. The average molecular weight is 305 g/mol. The second-order valence-corrected chi connectivity index (χ2v) is 6.80. The lowest BCUT2D eigenvalue weighted by Crippen LogP contribution is -2.16. The van der Waals surface area contributed by atoms with Gasteiger partial charge < -0.3 is 15.2 Å². The van der Waals surface area contributed by atoms with Crippen molar-refractivity contribution in [1.29, 1.82) is 0 Å². The number of rotatable bonds is 3. The summed E-state index contributed by atoms with van der Waals surface area (Å²) in [6.45, 7) is 0.897. The first-order valence-electron chi connectivity index (χ1n) is 6.51. The zero-order chi connectivity index (χ0) is 14.9. The van der Waals surface area contributed by atoms with Gasteiger partial charge in [-0.15, -0.1) is 0 Å². The smallest absolute Gasteiger partial charge is 0.182 e. The summed E-state index contributed by atoms with van der Waals surface area (Å²) in [6, 6.07) is 11.5. The highest BCUT2D eigenvalue weighted by molar-refractivity contribution is 7.90. The van der Waals surface area contributed by atoms with Gasteiger partial charge in [-0.25, -0.2) is 8.42 Å². The maximum atomic E-state index is 12.5. The summed E-state index contributed by atoms with van der Waals surface area (Å²) in [7, 11) is -3.45. The van der Waals surface area contributed by atoms with Crippen molar-refractivity contribution in [1.82, 2.24) is 0 Å². The summed E-state index contributed by atoms with van der Waals surface area (Å²) in [6.07, 6.45) is 0. The van der Waals surface area contributed by atoms with Crippen molar-refractivity contribution in [2.24, 2.45) is 0 Å². The largest absolute Gasteiger partial charge is 0.486 e. The molecule has 3 rings (SSSR count). The van der Waals surface area contributed by atoms with Gasteiger partial charge in [0.25, 0.3) is 0 Å². The lowest BCUT2D eigenvalue weighted by Gasteiger charge is -2.18. The molecule has 21 heavy (non-hydrogen) atoms. The summed E-state index contributed by atoms with van der Waals surface area (Å²) in [5.74, 6) is 0.941. The predicted octanol–water partition coefficient (Wildman–Crippen LogP) is 2.01. The van der Waals surface area contributed by atoms with Gasteiger partial charge in [-0.05, 0) is 29.8 Å². The number of anilines is 1. The lowest BCUT2D eigenvalue weighted by atomic mass is 10.2. The van der Waals surface area contributed by atoms with Gasteiger partial charge in [-0.3, -0.25) is 0 Å². The molecule has 0 radical (unpaired) electrons. The molecular formula is C15H15NO4S. The third kappa shape index (κ3) is 2.95. The Hall–Kier alpha value is -2.21. The van der Waals surface area contributed by atoms with Crippen LogP contribution < -0.4 is 15.2 Å². The highest BCUT2D eigenvalue weighted by Crippen LogP contribution is 2.33. The van der Waals surface area contributed by atoms with Crippen molar-refractivity contribution < 1.29 is 17.9 Å². The first-order valence-corrected chi connectivity index (χ1v) is 8.17. The highest BCUT2D eigenvalue weighted by atomic mass is 32.2. The SMILES string of the molecule is Nc1cccc(CS(=O)(=O)c2ccc3c(c2)OCCO3)c1. The molecule has 0 aliphatic carbocycles. The van der Waals surface area contributed by atoms with Crippen molar-refractivity contribution in [3.63, 3.8) is 0 Å². The van der Waals surface area contributed by atoms with Crippen LogP contribution >= 0.6 is 0 Å². The number of hydrogen-bond acceptors (Lipinski definition) is 5. The van der Waals surface area contributed by atoms with Crippen LogP contribution in [0.15, 0.2) is 47.4 Å². The van der Waals surface area contributed by atoms with Gasteiger partial charge in [-0.2, -0.15) is 0 Å². The molecule has 0 fully saturated rings. The minimum Gasteiger partial charge on any atom is -0.486 e. The molecule has 0 bridgehead atoms. The Labute approximate surface area is 123 Å². The fourth-order valence-electron chi connectivity index (χ4n) is 2.20. The minimum atomic E-state index is -3.45. The van der Waals surface area contributed by atoms with Crippen LogP contribution in [-0.2, 0) is 15.6 Å². The molecule has 1 aliphatic heterocycles. The Morgan fingerprint density at radius 2 is 1.76 bits per heavy atom. The monoisotopic (exact) mass is 305 g/mol. The second kappa shape index (κ2) is 5.29. The topological polar surface area (TPSA) is 78.6 Å². The zero-order valence-electron chi connectivity index (χ0n) is 11.3. The molecule has 5 nitrogen and oxygen atoms in total. The molecule has 1 aliphatic rings. The van der Waals surface area contributed by atoms with Crippen LogP contribution in [0.3, 0.4) is 0 Å². The van der Waals surface area contributed by atoms with E-state index in [1.54, 1.807) is 30.3 Å². The molecule has 0 saturated heterocycles. The molecule has 0 atom stereocenters. The van der Waals surface area contributed by atoms with Crippen molar-refractivity contribution in [3.05, 3.63) is 48.0 Å². The van der Waals surface area contributed by atoms with Gasteiger partial charge in [0.2, 0.25) is 0 Å². The van der Waals surface area contributed by atoms with E-state index >= 15 is 0 Å². The number of benzene rings is 2. The number of ether oxygens (including phenoxy) is 2. The molecule has 2 aromatic rings. The van der Waals surface area contributed by atoms with Crippen molar-refractivity contribution in [3.8, 4) is 11.5 Å². The fourth-order valence-corrected chi connectivity index (χ4v) is 3.55. The highest BCUT2D eigenvalue weighted by Gasteiger charge is 2.20. The normalized spacial score (nSPS) is 13.9. The third-order valence-corrected chi connectivity index (χ3v) is 4.87. The van der Waals surface area contributed by atoms with Crippen molar-refractivity contribution in [2.45, 2.75) is 10.6 Å². The van der Waals surface area contributed by atoms with E-state index in [-0.39, 0.29) is 10.6 Å². The summed E-state index contributed by atoms with van der Waals surface area (Å²) in [5.41, 5.74) is 6.88. The molecule has 0 aromatic heterocycles. The molecule has 2 N–H and O–H groups in total. The molecule has 2 aromatic carbocycles. The van der Waals surface area contributed by atoms with Crippen LogP contribution in [-0.4, -0.2) is 21.6 Å². The van der Waals surface area contributed by atoms with Crippen molar-refractivity contribution >= 4 is 15.5 Å². The number of sulfone groups is 1. The van der Waals surface area contributed by atoms with Gasteiger partial charge >= 0.3 is 0 Å². The van der Waals surface area contributed by atoms with Gasteiger partial charge in [-0.1, -0.05) is 12.1 Å². The van der Waals surface area contributed by atoms with E-state index in [2.05, 4.69) is 0 Å².